The maximum absolute atomic E-state index is 13.3. The van der Waals surface area contributed by atoms with E-state index in [1.807, 2.05) is 13.0 Å². The van der Waals surface area contributed by atoms with Crippen LogP contribution in [0.4, 0.5) is 5.69 Å². The van der Waals surface area contributed by atoms with Crippen molar-refractivity contribution in [2.75, 3.05) is 11.9 Å². The van der Waals surface area contributed by atoms with Gasteiger partial charge in [0.25, 0.3) is 11.5 Å². The average Bonchev–Trinajstić information content (AvgIpc) is 2.87. The summed E-state index contributed by atoms with van der Waals surface area (Å²) in [6, 6.07) is 22.8. The number of aryl methyl sites for hydroxylation is 1. The number of nitrogens with one attached hydrogen (secondary N) is 1. The van der Waals surface area contributed by atoms with Crippen LogP contribution < -0.4 is 15.6 Å². The highest BCUT2D eigenvalue weighted by Crippen LogP contribution is 2.27. The SMILES string of the molecule is CCOc1ccccc1NC(=O)C(OC(=O)Cc1nn(C)c(=O)c2ccccc12)c1ccccc1. The van der Waals surface area contributed by atoms with Crippen molar-refractivity contribution < 1.29 is 19.1 Å². The van der Waals surface area contributed by atoms with Crippen LogP contribution >= 0.6 is 0 Å². The van der Waals surface area contributed by atoms with Crippen molar-refractivity contribution in [2.24, 2.45) is 7.05 Å². The Bertz CT molecular complexity index is 1420. The molecule has 35 heavy (non-hydrogen) atoms. The Morgan fingerprint density at radius 1 is 0.943 bits per heavy atom. The first kappa shape index (κ1) is 23.7. The number of fused-ring (bicyclic) bond motifs is 1. The Labute approximate surface area is 202 Å². The van der Waals surface area contributed by atoms with Crippen molar-refractivity contribution in [1.82, 2.24) is 9.78 Å². The van der Waals surface area contributed by atoms with Crippen LogP contribution in [-0.4, -0.2) is 28.3 Å². The lowest BCUT2D eigenvalue weighted by atomic mass is 10.1. The maximum atomic E-state index is 13.3. The second-order valence-electron chi connectivity index (χ2n) is 7.80. The number of anilines is 1. The molecule has 0 aliphatic rings. The summed E-state index contributed by atoms with van der Waals surface area (Å²) in [6.45, 7) is 2.29. The predicted octanol–water partition coefficient (Wildman–Crippen LogP) is 3.80. The van der Waals surface area contributed by atoms with Crippen LogP contribution in [0.25, 0.3) is 10.8 Å². The summed E-state index contributed by atoms with van der Waals surface area (Å²) in [5.41, 5.74) is 1.13. The molecule has 0 bridgehead atoms. The first-order valence-electron chi connectivity index (χ1n) is 11.2. The van der Waals surface area contributed by atoms with Gasteiger partial charge in [-0.15, -0.1) is 0 Å². The van der Waals surface area contributed by atoms with Gasteiger partial charge in [0.2, 0.25) is 6.10 Å². The fourth-order valence-electron chi connectivity index (χ4n) is 3.77. The minimum atomic E-state index is -1.20. The molecule has 1 N–H and O–H groups in total. The zero-order chi connectivity index (χ0) is 24.8. The first-order valence-corrected chi connectivity index (χ1v) is 11.2. The number of carbonyl (C=O) groups is 2. The van der Waals surface area contributed by atoms with Gasteiger partial charge in [-0.1, -0.05) is 60.7 Å². The van der Waals surface area contributed by atoms with Crippen molar-refractivity contribution in [3.05, 3.63) is 100 Å². The first-order chi connectivity index (χ1) is 17.0. The molecule has 8 nitrogen and oxygen atoms in total. The molecule has 0 fully saturated rings. The number of aromatic nitrogens is 2. The number of ether oxygens (including phenoxy) is 2. The lowest BCUT2D eigenvalue weighted by Crippen LogP contribution is -2.27. The summed E-state index contributed by atoms with van der Waals surface area (Å²) in [7, 11) is 1.53. The fraction of sp³-hybridized carbons (Fsp3) is 0.185. The van der Waals surface area contributed by atoms with Crippen LogP contribution in [0, 0.1) is 0 Å². The zero-order valence-corrected chi connectivity index (χ0v) is 19.4. The number of para-hydroxylation sites is 2. The van der Waals surface area contributed by atoms with Gasteiger partial charge in [-0.25, -0.2) is 4.68 Å². The molecule has 1 amide bonds. The van der Waals surface area contributed by atoms with Gasteiger partial charge in [-0.2, -0.15) is 5.10 Å². The van der Waals surface area contributed by atoms with E-state index in [-0.39, 0.29) is 12.0 Å². The second kappa shape index (κ2) is 10.6. The number of rotatable bonds is 8. The van der Waals surface area contributed by atoms with Crippen molar-refractivity contribution in [2.45, 2.75) is 19.4 Å². The molecule has 1 heterocycles. The van der Waals surface area contributed by atoms with E-state index in [0.717, 1.165) is 0 Å². The van der Waals surface area contributed by atoms with Gasteiger partial charge < -0.3 is 14.8 Å². The number of nitrogens with zero attached hydrogens (tertiary/aromatic N) is 2. The number of carbonyl (C=O) groups excluding carboxylic acids is 2. The number of amides is 1. The van der Waals surface area contributed by atoms with Crippen molar-refractivity contribution in [3.8, 4) is 5.75 Å². The summed E-state index contributed by atoms with van der Waals surface area (Å²) in [6.07, 6.45) is -1.40. The molecule has 0 aliphatic heterocycles. The number of benzene rings is 3. The van der Waals surface area contributed by atoms with Gasteiger partial charge in [0.1, 0.15) is 5.75 Å². The summed E-state index contributed by atoms with van der Waals surface area (Å²) < 4.78 is 12.5. The normalized spacial score (nSPS) is 11.6. The average molecular weight is 472 g/mol. The molecular weight excluding hydrogens is 446 g/mol. The van der Waals surface area contributed by atoms with E-state index in [1.165, 1.54) is 11.7 Å². The smallest absolute Gasteiger partial charge is 0.313 e. The third-order valence-electron chi connectivity index (χ3n) is 5.38. The standard InChI is InChI=1S/C27H25N3O5/c1-3-34-23-16-10-9-15-21(23)28-26(32)25(18-11-5-4-6-12-18)35-24(31)17-22-19-13-7-8-14-20(19)27(33)30(2)29-22/h4-16,25H,3,17H2,1-2H3,(H,28,32). The highest BCUT2D eigenvalue weighted by molar-refractivity contribution is 5.97. The van der Waals surface area contributed by atoms with E-state index in [0.29, 0.717) is 40.1 Å². The highest BCUT2D eigenvalue weighted by Gasteiger charge is 2.26. The number of esters is 1. The topological polar surface area (TPSA) is 99.5 Å². The van der Waals surface area contributed by atoms with Crippen LogP contribution in [0.1, 0.15) is 24.3 Å². The maximum Gasteiger partial charge on any atom is 0.313 e. The molecule has 4 aromatic rings. The van der Waals surface area contributed by atoms with E-state index in [1.54, 1.807) is 72.8 Å². The second-order valence-corrected chi connectivity index (χ2v) is 7.80. The third-order valence-corrected chi connectivity index (χ3v) is 5.38. The number of hydrogen-bond acceptors (Lipinski definition) is 6. The monoisotopic (exact) mass is 471 g/mol. The largest absolute Gasteiger partial charge is 0.492 e. The van der Waals surface area contributed by atoms with Gasteiger partial charge in [-0.05, 0) is 25.1 Å². The molecule has 0 saturated carbocycles. The van der Waals surface area contributed by atoms with Gasteiger partial charge in [0.15, 0.2) is 0 Å². The van der Waals surface area contributed by atoms with E-state index < -0.39 is 18.0 Å². The van der Waals surface area contributed by atoms with Crippen LogP contribution in [0.15, 0.2) is 83.7 Å². The quantitative estimate of drug-likeness (QED) is 0.393. The van der Waals surface area contributed by atoms with Crippen LogP contribution in [0.2, 0.25) is 0 Å². The Balaban J connectivity index is 1.60. The van der Waals surface area contributed by atoms with Crippen molar-refractivity contribution in [1.29, 1.82) is 0 Å². The molecule has 0 spiro atoms. The molecule has 8 heteroatoms. The Morgan fingerprint density at radius 2 is 1.60 bits per heavy atom. The molecular formula is C27H25N3O5. The minimum Gasteiger partial charge on any atom is -0.492 e. The summed E-state index contributed by atoms with van der Waals surface area (Å²) in [5, 5.41) is 8.08. The zero-order valence-electron chi connectivity index (χ0n) is 19.4. The molecule has 3 aromatic carbocycles. The molecule has 0 aliphatic carbocycles. The Kier molecular flexibility index (Phi) is 7.21. The van der Waals surface area contributed by atoms with Crippen LogP contribution in [0.3, 0.4) is 0 Å². The molecule has 4 rings (SSSR count). The van der Waals surface area contributed by atoms with E-state index >= 15 is 0 Å². The molecule has 1 unspecified atom stereocenters. The predicted molar refractivity (Wildman–Crippen MR) is 132 cm³/mol. The molecule has 1 aromatic heterocycles. The molecule has 0 saturated heterocycles. The third kappa shape index (κ3) is 5.38. The van der Waals surface area contributed by atoms with Gasteiger partial charge in [-0.3, -0.25) is 14.4 Å². The molecule has 0 radical (unpaired) electrons. The highest BCUT2D eigenvalue weighted by atomic mass is 16.5. The Morgan fingerprint density at radius 3 is 2.34 bits per heavy atom. The molecule has 178 valence electrons. The fourth-order valence-corrected chi connectivity index (χ4v) is 3.77. The summed E-state index contributed by atoms with van der Waals surface area (Å²) in [5.74, 6) is -0.652. The summed E-state index contributed by atoms with van der Waals surface area (Å²) >= 11 is 0. The van der Waals surface area contributed by atoms with Gasteiger partial charge >= 0.3 is 5.97 Å². The van der Waals surface area contributed by atoms with Crippen LogP contribution in [-0.2, 0) is 27.8 Å². The van der Waals surface area contributed by atoms with Crippen molar-refractivity contribution >= 4 is 28.3 Å². The van der Waals surface area contributed by atoms with E-state index in [9.17, 15) is 14.4 Å². The minimum absolute atomic E-state index is 0.208. The lowest BCUT2D eigenvalue weighted by Gasteiger charge is -2.19. The Hall–Kier alpha value is -4.46. The number of hydrogen-bond donors (Lipinski definition) is 1. The van der Waals surface area contributed by atoms with Gasteiger partial charge in [0.05, 0.1) is 29.8 Å². The van der Waals surface area contributed by atoms with E-state index in [2.05, 4.69) is 10.4 Å². The summed E-state index contributed by atoms with van der Waals surface area (Å²) in [4.78, 5) is 38.7. The molecule has 1 atom stereocenters. The lowest BCUT2D eigenvalue weighted by molar-refractivity contribution is -0.154. The van der Waals surface area contributed by atoms with Crippen LogP contribution in [0.5, 0.6) is 5.75 Å². The van der Waals surface area contributed by atoms with E-state index in [4.69, 9.17) is 9.47 Å². The van der Waals surface area contributed by atoms with Gasteiger partial charge in [0, 0.05) is 18.0 Å². The van der Waals surface area contributed by atoms with Crippen molar-refractivity contribution in [3.63, 3.8) is 0 Å².